The van der Waals surface area contributed by atoms with E-state index in [9.17, 15) is 0 Å². The Morgan fingerprint density at radius 1 is 0.481 bits per heavy atom. The lowest BCUT2D eigenvalue weighted by Gasteiger charge is -2.22. The molecule has 9 rings (SSSR count). The topological polar surface area (TPSA) is 46.5 Å². The van der Waals surface area contributed by atoms with Gasteiger partial charge in [-0.3, -0.25) is 9.55 Å². The molecule has 0 aliphatic carbocycles. The molecule has 0 saturated heterocycles. The Morgan fingerprint density at radius 2 is 1.15 bits per heavy atom. The molecule has 9 aromatic rings. The Kier molecular flexibility index (Phi) is 7.90. The Morgan fingerprint density at radius 3 is 1.87 bits per heavy atom. The number of aromatic amines is 1. The van der Waals surface area contributed by atoms with Crippen molar-refractivity contribution < 1.29 is 0 Å². The van der Waals surface area contributed by atoms with Crippen molar-refractivity contribution >= 4 is 32.7 Å². The maximum Gasteiger partial charge on any atom is 0.147 e. The van der Waals surface area contributed by atoms with Gasteiger partial charge in [-0.15, -0.1) is 0 Å². The van der Waals surface area contributed by atoms with Crippen LogP contribution in [0.4, 0.5) is 0 Å². The van der Waals surface area contributed by atoms with Gasteiger partial charge >= 0.3 is 0 Å². The largest absolute Gasteiger partial charge is 0.343 e. The van der Waals surface area contributed by atoms with Gasteiger partial charge in [-0.2, -0.15) is 0 Å². The zero-order valence-electron chi connectivity index (χ0n) is 31.8. The SMILES string of the molecule is CC(C)(C)c1ccc(-c2ccccc2)c(-c2cc(-c3ccccn3)cc(-c3ccc4c5ccccc5n(-c5[nH]c(C(C)(C)C)c6ccccc56)c4n3)c2)c1. The molecule has 0 aliphatic heterocycles. The van der Waals surface area contributed by atoms with E-state index in [1.54, 1.807) is 0 Å². The second kappa shape index (κ2) is 12.7. The minimum absolute atomic E-state index is 0.0136. The van der Waals surface area contributed by atoms with Crippen molar-refractivity contribution in [3.8, 4) is 50.6 Å². The lowest BCUT2D eigenvalue weighted by atomic mass is 9.82. The highest BCUT2D eigenvalue weighted by Gasteiger charge is 2.25. The Hall–Kier alpha value is -6.26. The van der Waals surface area contributed by atoms with Crippen LogP contribution >= 0.6 is 0 Å². The number of H-pyrrole nitrogens is 1. The zero-order valence-corrected chi connectivity index (χ0v) is 31.8. The Balaban J connectivity index is 1.32. The van der Waals surface area contributed by atoms with Crippen LogP contribution < -0.4 is 0 Å². The van der Waals surface area contributed by atoms with E-state index in [1.165, 1.54) is 44.1 Å². The standard InChI is InChI=1S/C50H44N4/c1-49(2,3)36-23-24-37(32-16-8-7-9-17-32)42(31-36)33-28-34(43-21-14-15-27-51-43)30-35(29-33)44-26-25-41-38-18-12-13-22-45(38)54(47(41)52-44)48-40-20-11-10-19-39(40)46(53-48)50(4,5)6/h7-31,53H,1-6H3. The van der Waals surface area contributed by atoms with Crippen LogP contribution in [0.1, 0.15) is 52.8 Å². The van der Waals surface area contributed by atoms with Crippen molar-refractivity contribution in [3.05, 3.63) is 163 Å². The maximum atomic E-state index is 5.57. The molecule has 0 amide bonds. The molecule has 264 valence electrons. The van der Waals surface area contributed by atoms with Crippen molar-refractivity contribution in [1.82, 2.24) is 19.5 Å². The van der Waals surface area contributed by atoms with Crippen LogP contribution in [0.5, 0.6) is 0 Å². The van der Waals surface area contributed by atoms with E-state index in [2.05, 4.69) is 191 Å². The second-order valence-electron chi connectivity index (χ2n) is 16.5. The summed E-state index contributed by atoms with van der Waals surface area (Å²) in [6, 6.07) is 52.4. The average Bonchev–Trinajstić information content (AvgIpc) is 3.73. The highest BCUT2D eigenvalue weighted by atomic mass is 15.1. The number of pyridine rings is 2. The summed E-state index contributed by atoms with van der Waals surface area (Å²) < 4.78 is 2.33. The van der Waals surface area contributed by atoms with Gasteiger partial charge in [-0.05, 0) is 81.8 Å². The van der Waals surface area contributed by atoms with E-state index in [1.807, 2.05) is 12.3 Å². The molecule has 4 heteroatoms. The molecular weight excluding hydrogens is 657 g/mol. The van der Waals surface area contributed by atoms with E-state index in [-0.39, 0.29) is 10.8 Å². The van der Waals surface area contributed by atoms with Gasteiger partial charge in [0.2, 0.25) is 0 Å². The van der Waals surface area contributed by atoms with Gasteiger partial charge in [0.1, 0.15) is 11.5 Å². The quantitative estimate of drug-likeness (QED) is 0.194. The first kappa shape index (κ1) is 33.6. The van der Waals surface area contributed by atoms with E-state index in [4.69, 9.17) is 9.97 Å². The van der Waals surface area contributed by atoms with Gasteiger partial charge < -0.3 is 4.98 Å². The van der Waals surface area contributed by atoms with E-state index < -0.39 is 0 Å². The van der Waals surface area contributed by atoms with Crippen LogP contribution in [0.25, 0.3) is 83.3 Å². The second-order valence-corrected chi connectivity index (χ2v) is 16.5. The number of fused-ring (bicyclic) bond motifs is 4. The van der Waals surface area contributed by atoms with Gasteiger partial charge in [-0.25, -0.2) is 4.98 Å². The summed E-state index contributed by atoms with van der Waals surface area (Å²) in [5, 5.41) is 4.72. The number of benzene rings is 5. The first-order chi connectivity index (χ1) is 26.0. The zero-order chi connectivity index (χ0) is 37.2. The first-order valence-electron chi connectivity index (χ1n) is 18.8. The number of hydrogen-bond acceptors (Lipinski definition) is 2. The van der Waals surface area contributed by atoms with Gasteiger partial charge in [0, 0.05) is 50.0 Å². The van der Waals surface area contributed by atoms with Crippen molar-refractivity contribution in [2.75, 3.05) is 0 Å². The van der Waals surface area contributed by atoms with Crippen molar-refractivity contribution in [1.29, 1.82) is 0 Å². The van der Waals surface area contributed by atoms with Crippen molar-refractivity contribution in [3.63, 3.8) is 0 Å². The molecule has 5 aromatic carbocycles. The molecule has 0 aliphatic rings. The fraction of sp³-hybridized carbons (Fsp3) is 0.160. The van der Waals surface area contributed by atoms with Gasteiger partial charge in [0.05, 0.1) is 16.9 Å². The first-order valence-corrected chi connectivity index (χ1v) is 18.8. The third-order valence-electron chi connectivity index (χ3n) is 10.7. The van der Waals surface area contributed by atoms with Crippen LogP contribution in [-0.4, -0.2) is 19.5 Å². The lowest BCUT2D eigenvalue weighted by Crippen LogP contribution is -2.12. The van der Waals surface area contributed by atoms with E-state index >= 15 is 0 Å². The summed E-state index contributed by atoms with van der Waals surface area (Å²) in [7, 11) is 0. The number of para-hydroxylation sites is 1. The summed E-state index contributed by atoms with van der Waals surface area (Å²) in [5.41, 5.74) is 13.1. The number of nitrogens with zero attached hydrogens (tertiary/aromatic N) is 3. The smallest absolute Gasteiger partial charge is 0.147 e. The summed E-state index contributed by atoms with van der Waals surface area (Å²) in [4.78, 5) is 14.3. The lowest BCUT2D eigenvalue weighted by molar-refractivity contribution is 0.577. The minimum Gasteiger partial charge on any atom is -0.343 e. The van der Waals surface area contributed by atoms with Crippen molar-refractivity contribution in [2.24, 2.45) is 0 Å². The highest BCUT2D eigenvalue weighted by Crippen LogP contribution is 2.41. The van der Waals surface area contributed by atoms with E-state index in [0.717, 1.165) is 50.4 Å². The van der Waals surface area contributed by atoms with Crippen LogP contribution in [0, 0.1) is 0 Å². The van der Waals surface area contributed by atoms with Gasteiger partial charge in [0.15, 0.2) is 0 Å². The predicted molar refractivity (Wildman–Crippen MR) is 227 cm³/mol. The highest BCUT2D eigenvalue weighted by molar-refractivity contribution is 6.10. The summed E-state index contributed by atoms with van der Waals surface area (Å²) in [6.45, 7) is 13.6. The van der Waals surface area contributed by atoms with Crippen LogP contribution in [-0.2, 0) is 10.8 Å². The molecule has 0 radical (unpaired) electrons. The Labute approximate surface area is 317 Å². The average molecular weight is 701 g/mol. The molecule has 54 heavy (non-hydrogen) atoms. The predicted octanol–water partition coefficient (Wildman–Crippen LogP) is 13.3. The normalized spacial score (nSPS) is 12.3. The third kappa shape index (κ3) is 5.79. The molecule has 0 saturated carbocycles. The number of rotatable bonds is 5. The fourth-order valence-electron chi connectivity index (χ4n) is 7.89. The molecule has 0 spiro atoms. The van der Waals surface area contributed by atoms with E-state index in [0.29, 0.717) is 0 Å². The number of aromatic nitrogens is 4. The van der Waals surface area contributed by atoms with Crippen molar-refractivity contribution in [2.45, 2.75) is 52.4 Å². The van der Waals surface area contributed by atoms with Crippen LogP contribution in [0.3, 0.4) is 0 Å². The summed E-state index contributed by atoms with van der Waals surface area (Å²) in [6.07, 6.45) is 1.87. The third-order valence-corrected chi connectivity index (χ3v) is 10.7. The minimum atomic E-state index is -0.0690. The molecule has 4 heterocycles. The van der Waals surface area contributed by atoms with Crippen LogP contribution in [0.15, 0.2) is 152 Å². The molecule has 0 fully saturated rings. The maximum absolute atomic E-state index is 5.57. The molecule has 0 unspecified atom stereocenters. The van der Waals surface area contributed by atoms with Gasteiger partial charge in [0.25, 0.3) is 0 Å². The summed E-state index contributed by atoms with van der Waals surface area (Å²) >= 11 is 0. The Bertz CT molecular complexity index is 2830. The molecule has 4 nitrogen and oxygen atoms in total. The molecular formula is C50H44N4. The number of nitrogens with one attached hydrogen (secondary N) is 1. The summed E-state index contributed by atoms with van der Waals surface area (Å²) in [5.74, 6) is 1.04. The fourth-order valence-corrected chi connectivity index (χ4v) is 7.89. The molecule has 4 aromatic heterocycles. The van der Waals surface area contributed by atoms with Crippen LogP contribution in [0.2, 0.25) is 0 Å². The molecule has 0 atom stereocenters. The van der Waals surface area contributed by atoms with Gasteiger partial charge in [-0.1, -0.05) is 139 Å². The number of hydrogen-bond donors (Lipinski definition) is 1. The monoisotopic (exact) mass is 700 g/mol. The molecule has 0 bridgehead atoms. The molecule has 1 N–H and O–H groups in total.